The van der Waals surface area contributed by atoms with Crippen molar-refractivity contribution in [2.24, 2.45) is 0 Å². The highest BCUT2D eigenvalue weighted by molar-refractivity contribution is 9.10. The van der Waals surface area contributed by atoms with Crippen LogP contribution in [0.15, 0.2) is 59.1 Å². The number of benzene rings is 3. The van der Waals surface area contributed by atoms with Crippen molar-refractivity contribution in [2.45, 2.75) is 6.42 Å². The SMILES string of the molecule is O=C(Cc1ccccc1)NN1C(=O)c2cccc3c(Br)c([N+](=O)[O-])cc(c23)C1=O. The van der Waals surface area contributed by atoms with Crippen molar-refractivity contribution >= 4 is 50.1 Å². The zero-order valence-electron chi connectivity index (χ0n) is 14.7. The summed E-state index contributed by atoms with van der Waals surface area (Å²) in [4.78, 5) is 49.0. The Labute approximate surface area is 172 Å². The smallest absolute Gasteiger partial charge is 0.273 e. The minimum Gasteiger partial charge on any atom is -0.273 e. The predicted octanol–water partition coefficient (Wildman–Crippen LogP) is 3.38. The van der Waals surface area contributed by atoms with Crippen LogP contribution in [0.1, 0.15) is 26.3 Å². The molecule has 3 amide bonds. The van der Waals surface area contributed by atoms with E-state index in [0.717, 1.165) is 6.07 Å². The summed E-state index contributed by atoms with van der Waals surface area (Å²) in [6.07, 6.45) is -0.0323. The molecule has 1 N–H and O–H groups in total. The number of hydrogen-bond donors (Lipinski definition) is 1. The lowest BCUT2D eigenvalue weighted by atomic mass is 9.94. The highest BCUT2D eigenvalue weighted by Gasteiger charge is 2.36. The molecule has 3 aromatic carbocycles. The number of imide groups is 1. The first-order chi connectivity index (χ1) is 13.9. The zero-order valence-corrected chi connectivity index (χ0v) is 16.3. The van der Waals surface area contributed by atoms with Gasteiger partial charge < -0.3 is 0 Å². The van der Waals surface area contributed by atoms with Gasteiger partial charge in [-0.3, -0.25) is 29.9 Å². The van der Waals surface area contributed by atoms with Crippen molar-refractivity contribution in [3.8, 4) is 0 Å². The number of amides is 3. The number of carbonyl (C=O) groups is 3. The van der Waals surface area contributed by atoms with E-state index in [1.54, 1.807) is 36.4 Å². The second-order valence-corrected chi connectivity index (χ2v) is 7.18. The summed E-state index contributed by atoms with van der Waals surface area (Å²) < 4.78 is 0.185. The standard InChI is InChI=1S/C20H12BrN3O5/c21-18-12-7-4-8-13-17(12)14(10-15(18)24(28)29)20(27)23(19(13)26)22-16(25)9-11-5-2-1-3-6-11/h1-8,10H,9H2,(H,22,25). The number of nitro benzene ring substituents is 1. The van der Waals surface area contributed by atoms with Gasteiger partial charge in [0.05, 0.1) is 22.5 Å². The Morgan fingerprint density at radius 1 is 1.03 bits per heavy atom. The maximum atomic E-state index is 12.9. The van der Waals surface area contributed by atoms with Gasteiger partial charge >= 0.3 is 0 Å². The van der Waals surface area contributed by atoms with E-state index in [2.05, 4.69) is 21.4 Å². The van der Waals surface area contributed by atoms with Crippen LogP contribution < -0.4 is 5.43 Å². The van der Waals surface area contributed by atoms with Gasteiger partial charge in [-0.15, -0.1) is 0 Å². The van der Waals surface area contributed by atoms with Crippen LogP contribution >= 0.6 is 15.9 Å². The third-order valence-corrected chi connectivity index (χ3v) is 5.42. The minimum absolute atomic E-state index is 0.0230. The number of nitro groups is 1. The fourth-order valence-electron chi connectivity index (χ4n) is 3.30. The van der Waals surface area contributed by atoms with Crippen LogP contribution in [-0.2, 0) is 11.2 Å². The Morgan fingerprint density at radius 3 is 2.41 bits per heavy atom. The fourth-order valence-corrected chi connectivity index (χ4v) is 3.89. The average molecular weight is 454 g/mol. The number of hydrazine groups is 1. The molecule has 0 aromatic heterocycles. The van der Waals surface area contributed by atoms with Crippen molar-refractivity contribution < 1.29 is 19.3 Å². The van der Waals surface area contributed by atoms with E-state index < -0.39 is 22.6 Å². The van der Waals surface area contributed by atoms with Crippen LogP contribution in [0.25, 0.3) is 10.8 Å². The lowest BCUT2D eigenvalue weighted by molar-refractivity contribution is -0.385. The Bertz CT molecular complexity index is 1210. The Morgan fingerprint density at radius 2 is 1.72 bits per heavy atom. The van der Waals surface area contributed by atoms with E-state index in [9.17, 15) is 24.5 Å². The third kappa shape index (κ3) is 3.15. The summed E-state index contributed by atoms with van der Waals surface area (Å²) in [5.74, 6) is -2.08. The molecule has 3 aromatic rings. The Balaban J connectivity index is 1.75. The molecule has 144 valence electrons. The summed E-state index contributed by atoms with van der Waals surface area (Å²) in [6.45, 7) is 0. The summed E-state index contributed by atoms with van der Waals surface area (Å²) in [5, 5.41) is 12.7. The normalized spacial score (nSPS) is 12.9. The number of nitrogens with zero attached hydrogens (tertiary/aromatic N) is 2. The summed E-state index contributed by atoms with van der Waals surface area (Å²) >= 11 is 3.19. The molecule has 0 aliphatic carbocycles. The van der Waals surface area contributed by atoms with Crippen LogP contribution in [0.5, 0.6) is 0 Å². The lowest BCUT2D eigenvalue weighted by Gasteiger charge is -2.27. The molecule has 0 atom stereocenters. The highest BCUT2D eigenvalue weighted by atomic mass is 79.9. The van der Waals surface area contributed by atoms with E-state index in [0.29, 0.717) is 21.3 Å². The molecule has 0 radical (unpaired) electrons. The molecule has 1 aliphatic rings. The summed E-state index contributed by atoms with van der Waals surface area (Å²) in [6, 6.07) is 14.6. The van der Waals surface area contributed by atoms with Gasteiger partial charge in [-0.2, -0.15) is 5.01 Å². The quantitative estimate of drug-likeness (QED) is 0.369. The number of rotatable bonds is 4. The topological polar surface area (TPSA) is 110 Å². The molecule has 1 heterocycles. The highest BCUT2D eigenvalue weighted by Crippen LogP contribution is 2.39. The second-order valence-electron chi connectivity index (χ2n) is 6.39. The van der Waals surface area contributed by atoms with Crippen LogP contribution in [-0.4, -0.2) is 27.7 Å². The minimum atomic E-state index is -0.823. The van der Waals surface area contributed by atoms with Gasteiger partial charge in [-0.05, 0) is 27.6 Å². The van der Waals surface area contributed by atoms with Gasteiger partial charge in [0.2, 0.25) is 5.91 Å². The summed E-state index contributed by atoms with van der Waals surface area (Å²) in [5.41, 5.74) is 2.89. The molecular formula is C20H12BrN3O5. The monoisotopic (exact) mass is 453 g/mol. The first kappa shape index (κ1) is 18.8. The van der Waals surface area contributed by atoms with Gasteiger partial charge in [-0.1, -0.05) is 42.5 Å². The lowest BCUT2D eigenvalue weighted by Crippen LogP contribution is -2.52. The second kappa shape index (κ2) is 7.10. The van der Waals surface area contributed by atoms with Crippen LogP contribution in [0, 0.1) is 10.1 Å². The van der Waals surface area contributed by atoms with Gasteiger partial charge in [-0.25, -0.2) is 0 Å². The summed E-state index contributed by atoms with van der Waals surface area (Å²) in [7, 11) is 0. The van der Waals surface area contributed by atoms with Gasteiger partial charge in [0.25, 0.3) is 17.5 Å². The molecule has 0 fully saturated rings. The number of halogens is 1. The van der Waals surface area contributed by atoms with Crippen LogP contribution in [0.4, 0.5) is 5.69 Å². The average Bonchev–Trinajstić information content (AvgIpc) is 2.71. The Hall–Kier alpha value is -3.59. The first-order valence-electron chi connectivity index (χ1n) is 8.50. The van der Waals surface area contributed by atoms with E-state index in [-0.39, 0.29) is 27.7 Å². The molecule has 8 nitrogen and oxygen atoms in total. The van der Waals surface area contributed by atoms with Crippen LogP contribution in [0.2, 0.25) is 0 Å². The van der Waals surface area contributed by atoms with Crippen molar-refractivity contribution in [3.63, 3.8) is 0 Å². The number of hydrogen-bond acceptors (Lipinski definition) is 5. The molecule has 0 spiro atoms. The molecule has 1 aliphatic heterocycles. The Kier molecular flexibility index (Phi) is 4.59. The van der Waals surface area contributed by atoms with E-state index in [4.69, 9.17) is 0 Å². The van der Waals surface area contributed by atoms with Crippen molar-refractivity contribution in [1.82, 2.24) is 10.4 Å². The first-order valence-corrected chi connectivity index (χ1v) is 9.29. The van der Waals surface area contributed by atoms with E-state index >= 15 is 0 Å². The molecule has 0 unspecified atom stereocenters. The fraction of sp³-hybridized carbons (Fsp3) is 0.0500. The van der Waals surface area contributed by atoms with E-state index in [1.165, 1.54) is 6.07 Å². The predicted molar refractivity (Wildman–Crippen MR) is 107 cm³/mol. The van der Waals surface area contributed by atoms with Crippen molar-refractivity contribution in [3.05, 3.63) is 85.9 Å². The van der Waals surface area contributed by atoms with Gasteiger partial charge in [0, 0.05) is 16.8 Å². The maximum Gasteiger partial charge on any atom is 0.284 e. The third-order valence-electron chi connectivity index (χ3n) is 4.58. The number of nitrogens with one attached hydrogen (secondary N) is 1. The number of carbonyl (C=O) groups excluding carboxylic acids is 3. The van der Waals surface area contributed by atoms with Crippen LogP contribution in [0.3, 0.4) is 0 Å². The molecule has 9 heteroatoms. The molecule has 4 rings (SSSR count). The van der Waals surface area contributed by atoms with Gasteiger partial charge in [0.15, 0.2) is 0 Å². The van der Waals surface area contributed by atoms with Gasteiger partial charge in [0.1, 0.15) is 4.47 Å². The molecule has 29 heavy (non-hydrogen) atoms. The zero-order chi connectivity index (χ0) is 20.7. The molecule has 0 saturated heterocycles. The van der Waals surface area contributed by atoms with Crippen molar-refractivity contribution in [1.29, 1.82) is 0 Å². The molecule has 0 bridgehead atoms. The van der Waals surface area contributed by atoms with E-state index in [1.807, 2.05) is 6.07 Å². The maximum absolute atomic E-state index is 12.9. The molecular weight excluding hydrogens is 442 g/mol. The van der Waals surface area contributed by atoms with Crippen molar-refractivity contribution in [2.75, 3.05) is 0 Å². The largest absolute Gasteiger partial charge is 0.284 e. The molecule has 0 saturated carbocycles.